The van der Waals surface area contributed by atoms with Crippen LogP contribution in [-0.4, -0.2) is 35.8 Å². The van der Waals surface area contributed by atoms with Gasteiger partial charge in [0.05, 0.1) is 16.1 Å². The molecule has 0 saturated carbocycles. The number of benzene rings is 2. The number of carbonyl (C=O) groups is 3. The van der Waals surface area contributed by atoms with Crippen molar-refractivity contribution in [3.05, 3.63) is 64.4 Å². The van der Waals surface area contributed by atoms with Crippen molar-refractivity contribution in [2.45, 2.75) is 6.42 Å². The molecule has 0 bridgehead atoms. The molecule has 26 heavy (non-hydrogen) atoms. The first-order valence-electron chi connectivity index (χ1n) is 7.92. The van der Waals surface area contributed by atoms with Gasteiger partial charge in [-0.2, -0.15) is 0 Å². The number of hydrogen-bond donors (Lipinski definition) is 2. The first-order valence-corrected chi connectivity index (χ1v) is 8.30. The van der Waals surface area contributed by atoms with E-state index < -0.39 is 11.8 Å². The summed E-state index contributed by atoms with van der Waals surface area (Å²) in [4.78, 5) is 37.4. The van der Waals surface area contributed by atoms with E-state index in [1.165, 1.54) is 17.0 Å². The molecule has 8 heteroatoms. The number of fused-ring (bicyclic) bond motifs is 1. The normalized spacial score (nSPS) is 12.9. The zero-order valence-corrected chi connectivity index (χ0v) is 14.3. The van der Waals surface area contributed by atoms with E-state index in [2.05, 4.69) is 10.6 Å². The van der Waals surface area contributed by atoms with Gasteiger partial charge in [0.2, 0.25) is 0 Å². The fourth-order valence-corrected chi connectivity index (χ4v) is 2.81. The third-order valence-corrected chi connectivity index (χ3v) is 4.19. The van der Waals surface area contributed by atoms with Crippen LogP contribution in [0.1, 0.15) is 27.1 Å². The highest BCUT2D eigenvalue weighted by atomic mass is 35.5. The number of carbonyl (C=O) groups excluding carboxylic acids is 3. The standard InChI is InChI=1S/C18H15ClFN3O3/c19-14-10-11(6-7-15(14)20)22-18(26)21-8-3-9-23-16(24)12-4-1-2-5-13(12)17(23)25/h1-2,4-7,10H,3,8-9H2,(H2,21,22,26). The molecular weight excluding hydrogens is 361 g/mol. The molecule has 1 heterocycles. The summed E-state index contributed by atoms with van der Waals surface area (Å²) >= 11 is 5.65. The average molecular weight is 376 g/mol. The van der Waals surface area contributed by atoms with Gasteiger partial charge in [0.15, 0.2) is 0 Å². The van der Waals surface area contributed by atoms with E-state index in [0.717, 1.165) is 6.07 Å². The maximum Gasteiger partial charge on any atom is 0.319 e. The molecule has 3 rings (SSSR count). The number of nitrogens with zero attached hydrogens (tertiary/aromatic N) is 1. The van der Waals surface area contributed by atoms with Crippen LogP contribution < -0.4 is 10.6 Å². The molecular formula is C18H15ClFN3O3. The predicted molar refractivity (Wildman–Crippen MR) is 94.9 cm³/mol. The van der Waals surface area contributed by atoms with Crippen molar-refractivity contribution >= 4 is 35.1 Å². The Morgan fingerprint density at radius 3 is 2.35 bits per heavy atom. The molecule has 1 aliphatic heterocycles. The summed E-state index contributed by atoms with van der Waals surface area (Å²) in [5.74, 6) is -1.22. The maximum atomic E-state index is 13.1. The highest BCUT2D eigenvalue weighted by molar-refractivity contribution is 6.31. The van der Waals surface area contributed by atoms with E-state index in [1.54, 1.807) is 24.3 Å². The van der Waals surface area contributed by atoms with Gasteiger partial charge >= 0.3 is 6.03 Å². The second kappa shape index (κ2) is 7.53. The Balaban J connectivity index is 1.46. The largest absolute Gasteiger partial charge is 0.338 e. The molecule has 0 radical (unpaired) electrons. The fourth-order valence-electron chi connectivity index (χ4n) is 2.63. The van der Waals surface area contributed by atoms with E-state index in [9.17, 15) is 18.8 Å². The second-order valence-corrected chi connectivity index (χ2v) is 6.08. The summed E-state index contributed by atoms with van der Waals surface area (Å²) < 4.78 is 13.1. The van der Waals surface area contributed by atoms with Crippen LogP contribution in [0.4, 0.5) is 14.9 Å². The average Bonchev–Trinajstić information content (AvgIpc) is 2.87. The zero-order chi connectivity index (χ0) is 18.7. The van der Waals surface area contributed by atoms with Crippen LogP contribution in [0.2, 0.25) is 5.02 Å². The summed E-state index contributed by atoms with van der Waals surface area (Å²) in [6, 6.07) is 10.0. The predicted octanol–water partition coefficient (Wildman–Crippen LogP) is 3.29. The number of urea groups is 1. The number of imide groups is 1. The van der Waals surface area contributed by atoms with Crippen LogP contribution in [0.3, 0.4) is 0 Å². The summed E-state index contributed by atoms with van der Waals surface area (Å²) in [5.41, 5.74) is 1.15. The smallest absolute Gasteiger partial charge is 0.319 e. The minimum absolute atomic E-state index is 0.0894. The number of rotatable bonds is 5. The molecule has 0 spiro atoms. The zero-order valence-electron chi connectivity index (χ0n) is 13.6. The molecule has 0 fully saturated rings. The van der Waals surface area contributed by atoms with Gasteiger partial charge in [0, 0.05) is 18.8 Å². The number of nitrogens with one attached hydrogen (secondary N) is 2. The molecule has 1 aliphatic rings. The lowest BCUT2D eigenvalue weighted by molar-refractivity contribution is 0.0653. The molecule has 134 valence electrons. The van der Waals surface area contributed by atoms with Gasteiger partial charge in [-0.25, -0.2) is 9.18 Å². The van der Waals surface area contributed by atoms with Crippen molar-refractivity contribution < 1.29 is 18.8 Å². The lowest BCUT2D eigenvalue weighted by Crippen LogP contribution is -2.35. The van der Waals surface area contributed by atoms with Crippen LogP contribution in [0.25, 0.3) is 0 Å². The quantitative estimate of drug-likeness (QED) is 0.621. The lowest BCUT2D eigenvalue weighted by atomic mass is 10.1. The molecule has 6 nitrogen and oxygen atoms in total. The van der Waals surface area contributed by atoms with Gasteiger partial charge < -0.3 is 10.6 Å². The fraction of sp³-hybridized carbons (Fsp3) is 0.167. The Morgan fingerprint density at radius 2 is 1.73 bits per heavy atom. The van der Waals surface area contributed by atoms with Gasteiger partial charge in [-0.15, -0.1) is 0 Å². The topological polar surface area (TPSA) is 78.5 Å². The third-order valence-electron chi connectivity index (χ3n) is 3.90. The molecule has 4 amide bonds. The first-order chi connectivity index (χ1) is 12.5. The molecule has 0 unspecified atom stereocenters. The summed E-state index contributed by atoms with van der Waals surface area (Å²) in [5, 5.41) is 5.04. The van der Waals surface area contributed by atoms with Crippen molar-refractivity contribution in [2.24, 2.45) is 0 Å². The van der Waals surface area contributed by atoms with Gasteiger partial charge in [-0.1, -0.05) is 23.7 Å². The molecule has 0 aliphatic carbocycles. The highest BCUT2D eigenvalue weighted by Gasteiger charge is 2.34. The Labute approximate surface area is 153 Å². The van der Waals surface area contributed by atoms with Gasteiger partial charge in [0.25, 0.3) is 11.8 Å². The van der Waals surface area contributed by atoms with Crippen LogP contribution in [-0.2, 0) is 0 Å². The first kappa shape index (κ1) is 17.9. The monoisotopic (exact) mass is 375 g/mol. The Kier molecular flexibility index (Phi) is 5.18. The number of halogens is 2. The van der Waals surface area contributed by atoms with Gasteiger partial charge in [-0.05, 0) is 36.8 Å². The summed E-state index contributed by atoms with van der Waals surface area (Å²) in [6.07, 6.45) is 0.406. The van der Waals surface area contributed by atoms with Gasteiger partial charge in [-0.3, -0.25) is 14.5 Å². The number of anilines is 1. The van der Waals surface area contributed by atoms with Crippen LogP contribution in [0.5, 0.6) is 0 Å². The van der Waals surface area contributed by atoms with Gasteiger partial charge in [0.1, 0.15) is 5.82 Å². The SMILES string of the molecule is O=C(NCCCN1C(=O)c2ccccc2C1=O)Nc1ccc(F)c(Cl)c1. The van der Waals surface area contributed by atoms with Crippen molar-refractivity contribution in [3.8, 4) is 0 Å². The Hall–Kier alpha value is -2.93. The molecule has 2 aromatic carbocycles. The van der Waals surface area contributed by atoms with E-state index in [-0.39, 0.29) is 29.9 Å². The number of amides is 4. The van der Waals surface area contributed by atoms with Crippen molar-refractivity contribution in [1.82, 2.24) is 10.2 Å². The van der Waals surface area contributed by atoms with E-state index in [4.69, 9.17) is 11.6 Å². The lowest BCUT2D eigenvalue weighted by Gasteiger charge is -2.14. The second-order valence-electron chi connectivity index (χ2n) is 5.67. The Bertz CT molecular complexity index is 853. The highest BCUT2D eigenvalue weighted by Crippen LogP contribution is 2.22. The molecule has 2 N–H and O–H groups in total. The maximum absolute atomic E-state index is 13.1. The van der Waals surface area contributed by atoms with Crippen LogP contribution in [0, 0.1) is 5.82 Å². The van der Waals surface area contributed by atoms with Crippen LogP contribution in [0.15, 0.2) is 42.5 Å². The number of hydrogen-bond acceptors (Lipinski definition) is 3. The summed E-state index contributed by atoms with van der Waals surface area (Å²) in [7, 11) is 0. The van der Waals surface area contributed by atoms with E-state index in [1.807, 2.05) is 0 Å². The van der Waals surface area contributed by atoms with E-state index >= 15 is 0 Å². The van der Waals surface area contributed by atoms with Crippen molar-refractivity contribution in [1.29, 1.82) is 0 Å². The molecule has 2 aromatic rings. The van der Waals surface area contributed by atoms with Crippen molar-refractivity contribution in [3.63, 3.8) is 0 Å². The molecule has 0 saturated heterocycles. The minimum Gasteiger partial charge on any atom is -0.338 e. The van der Waals surface area contributed by atoms with E-state index in [0.29, 0.717) is 23.2 Å². The molecule has 0 aromatic heterocycles. The summed E-state index contributed by atoms with van der Waals surface area (Å²) in [6.45, 7) is 0.461. The minimum atomic E-state index is -0.571. The van der Waals surface area contributed by atoms with Crippen LogP contribution >= 0.6 is 11.6 Å². The third kappa shape index (κ3) is 3.67. The Morgan fingerprint density at radius 1 is 1.08 bits per heavy atom. The molecule has 0 atom stereocenters. The van der Waals surface area contributed by atoms with Crippen molar-refractivity contribution in [2.75, 3.05) is 18.4 Å².